The molecule has 0 unspecified atom stereocenters. The van der Waals surface area contributed by atoms with Gasteiger partial charge in [-0.15, -0.1) is 0 Å². The molecule has 0 atom stereocenters. The zero-order chi connectivity index (χ0) is 29.5. The molecule has 5 rings (SSSR count). The van der Waals surface area contributed by atoms with Gasteiger partial charge in [-0.2, -0.15) is 5.10 Å². The molecule has 4 aromatic rings. The van der Waals surface area contributed by atoms with E-state index in [1.165, 1.54) is 24.4 Å². The Labute approximate surface area is 250 Å². The van der Waals surface area contributed by atoms with Crippen molar-refractivity contribution in [1.29, 1.82) is 0 Å². The summed E-state index contributed by atoms with van der Waals surface area (Å²) in [6.45, 7) is 0.107. The van der Waals surface area contributed by atoms with Crippen molar-refractivity contribution in [3.8, 4) is 17.2 Å². The molecule has 1 aliphatic heterocycles. The van der Waals surface area contributed by atoms with Crippen molar-refractivity contribution in [1.82, 2.24) is 10.7 Å². The standard InChI is InChI=1S/C31H21Cl2N3O6/c32-22-9-12-24(25(33)16-22)31(39)42-23-10-6-19(7-11-23)17-34-36-30(38)26(35-29(37)21-4-2-1-3-5-21)14-20-8-13-27-28(15-20)41-18-40-27/h1-17H,18H2,(H,35,37)(H,36,38)/b26-14+,34-17-. The van der Waals surface area contributed by atoms with E-state index in [1.54, 1.807) is 78.9 Å². The number of rotatable bonds is 8. The summed E-state index contributed by atoms with van der Waals surface area (Å²) in [5.41, 5.74) is 4.15. The number of hydrogen-bond acceptors (Lipinski definition) is 7. The number of benzene rings is 4. The highest BCUT2D eigenvalue weighted by molar-refractivity contribution is 6.36. The van der Waals surface area contributed by atoms with Gasteiger partial charge in [0.05, 0.1) is 16.8 Å². The van der Waals surface area contributed by atoms with Gasteiger partial charge < -0.3 is 19.5 Å². The van der Waals surface area contributed by atoms with Gasteiger partial charge in [0.2, 0.25) is 6.79 Å². The molecule has 0 radical (unpaired) electrons. The Morgan fingerprint density at radius 2 is 1.57 bits per heavy atom. The largest absolute Gasteiger partial charge is 0.454 e. The van der Waals surface area contributed by atoms with Gasteiger partial charge in [-0.1, -0.05) is 47.5 Å². The number of halogens is 2. The molecule has 0 aromatic heterocycles. The molecule has 0 bridgehead atoms. The van der Waals surface area contributed by atoms with Gasteiger partial charge in [-0.05, 0) is 83.9 Å². The molecular formula is C31H21Cl2N3O6. The second kappa shape index (κ2) is 13.0. The monoisotopic (exact) mass is 601 g/mol. The normalized spacial score (nSPS) is 12.2. The molecule has 1 aliphatic rings. The zero-order valence-corrected chi connectivity index (χ0v) is 23.2. The number of nitrogens with one attached hydrogen (secondary N) is 2. The van der Waals surface area contributed by atoms with E-state index < -0.39 is 17.8 Å². The lowest BCUT2D eigenvalue weighted by atomic mass is 10.1. The van der Waals surface area contributed by atoms with Crippen LogP contribution in [-0.2, 0) is 4.79 Å². The molecule has 0 spiro atoms. The average molecular weight is 602 g/mol. The van der Waals surface area contributed by atoms with Crippen molar-refractivity contribution in [2.24, 2.45) is 5.10 Å². The Morgan fingerprint density at radius 3 is 2.33 bits per heavy atom. The summed E-state index contributed by atoms with van der Waals surface area (Å²) in [6.07, 6.45) is 2.90. The molecule has 1 heterocycles. The molecule has 4 aromatic carbocycles. The molecule has 0 aliphatic carbocycles. The van der Waals surface area contributed by atoms with Crippen molar-refractivity contribution < 1.29 is 28.6 Å². The first-order valence-electron chi connectivity index (χ1n) is 12.4. The Morgan fingerprint density at radius 1 is 0.833 bits per heavy atom. The molecule has 0 saturated heterocycles. The van der Waals surface area contributed by atoms with E-state index in [4.69, 9.17) is 37.4 Å². The lowest BCUT2D eigenvalue weighted by Crippen LogP contribution is -2.32. The fraction of sp³-hybridized carbons (Fsp3) is 0.0323. The first-order chi connectivity index (χ1) is 20.4. The Hall–Kier alpha value is -5.12. The van der Waals surface area contributed by atoms with Crippen LogP contribution in [0.25, 0.3) is 6.08 Å². The molecule has 9 nitrogen and oxygen atoms in total. The highest BCUT2D eigenvalue weighted by Gasteiger charge is 2.17. The van der Waals surface area contributed by atoms with Gasteiger partial charge in [-0.3, -0.25) is 9.59 Å². The summed E-state index contributed by atoms with van der Waals surface area (Å²) in [5.74, 6) is -0.355. The van der Waals surface area contributed by atoms with E-state index in [0.717, 1.165) is 0 Å². The second-order valence-electron chi connectivity index (χ2n) is 8.77. The number of hydrazone groups is 1. The van der Waals surface area contributed by atoms with Crippen LogP contribution in [0.3, 0.4) is 0 Å². The van der Waals surface area contributed by atoms with Crippen LogP contribution in [-0.4, -0.2) is 30.8 Å². The van der Waals surface area contributed by atoms with Crippen molar-refractivity contribution in [2.45, 2.75) is 0 Å². The van der Waals surface area contributed by atoms with Crippen LogP contribution >= 0.6 is 23.2 Å². The number of amides is 2. The number of ether oxygens (including phenoxy) is 3. The second-order valence-corrected chi connectivity index (χ2v) is 9.62. The first kappa shape index (κ1) is 28.4. The first-order valence-corrected chi connectivity index (χ1v) is 13.2. The zero-order valence-electron chi connectivity index (χ0n) is 21.7. The number of carbonyl (C=O) groups excluding carboxylic acids is 3. The maximum atomic E-state index is 13.1. The Kier molecular flexibility index (Phi) is 8.81. The number of nitrogens with zero attached hydrogens (tertiary/aromatic N) is 1. The predicted molar refractivity (Wildman–Crippen MR) is 158 cm³/mol. The van der Waals surface area contributed by atoms with Crippen LogP contribution in [0.1, 0.15) is 31.8 Å². The fourth-order valence-corrected chi connectivity index (χ4v) is 4.26. The summed E-state index contributed by atoms with van der Waals surface area (Å²) in [4.78, 5) is 38.3. The maximum absolute atomic E-state index is 13.1. The van der Waals surface area contributed by atoms with Crippen molar-refractivity contribution in [2.75, 3.05) is 6.79 Å². The lowest BCUT2D eigenvalue weighted by molar-refractivity contribution is -0.117. The van der Waals surface area contributed by atoms with E-state index in [1.807, 2.05) is 0 Å². The third-order valence-electron chi connectivity index (χ3n) is 5.86. The van der Waals surface area contributed by atoms with Gasteiger partial charge in [-0.25, -0.2) is 10.2 Å². The summed E-state index contributed by atoms with van der Waals surface area (Å²) in [7, 11) is 0. The molecule has 210 valence electrons. The van der Waals surface area contributed by atoms with Crippen molar-refractivity contribution in [3.63, 3.8) is 0 Å². The minimum atomic E-state index is -0.654. The van der Waals surface area contributed by atoms with Crippen LogP contribution in [0.4, 0.5) is 0 Å². The van der Waals surface area contributed by atoms with Crippen LogP contribution in [0.2, 0.25) is 10.0 Å². The summed E-state index contributed by atoms with van der Waals surface area (Å²) in [5, 5.41) is 7.23. The Bertz CT molecular complexity index is 1710. The number of carbonyl (C=O) groups is 3. The predicted octanol–water partition coefficient (Wildman–Crippen LogP) is 5.86. The van der Waals surface area contributed by atoms with E-state index in [0.29, 0.717) is 33.2 Å². The molecule has 0 fully saturated rings. The SMILES string of the molecule is O=C(N/N=C\c1ccc(OC(=O)c2ccc(Cl)cc2Cl)cc1)/C(=C\c1ccc2c(c1)OCO2)NC(=O)c1ccccc1. The van der Waals surface area contributed by atoms with Gasteiger partial charge in [0.25, 0.3) is 11.8 Å². The number of hydrogen-bond donors (Lipinski definition) is 2. The quantitative estimate of drug-likeness (QED) is 0.0859. The highest BCUT2D eigenvalue weighted by atomic mass is 35.5. The highest BCUT2D eigenvalue weighted by Crippen LogP contribution is 2.33. The fourth-order valence-electron chi connectivity index (χ4n) is 3.78. The van der Waals surface area contributed by atoms with Crippen LogP contribution < -0.4 is 25.0 Å². The van der Waals surface area contributed by atoms with Gasteiger partial charge in [0, 0.05) is 10.6 Å². The van der Waals surface area contributed by atoms with Crippen LogP contribution in [0, 0.1) is 0 Å². The van der Waals surface area contributed by atoms with Crippen molar-refractivity contribution in [3.05, 3.63) is 129 Å². The molecule has 2 N–H and O–H groups in total. The minimum Gasteiger partial charge on any atom is -0.454 e. The summed E-state index contributed by atoms with van der Waals surface area (Å²) < 4.78 is 16.1. The molecule has 2 amide bonds. The summed E-state index contributed by atoms with van der Waals surface area (Å²) >= 11 is 11.9. The van der Waals surface area contributed by atoms with Gasteiger partial charge in [0.15, 0.2) is 11.5 Å². The third-order valence-corrected chi connectivity index (χ3v) is 6.41. The Balaban J connectivity index is 1.26. The van der Waals surface area contributed by atoms with Crippen LogP contribution in [0.5, 0.6) is 17.2 Å². The maximum Gasteiger partial charge on any atom is 0.345 e. The number of esters is 1. The molecule has 11 heteroatoms. The van der Waals surface area contributed by atoms with E-state index in [9.17, 15) is 14.4 Å². The molecule has 42 heavy (non-hydrogen) atoms. The number of fused-ring (bicyclic) bond motifs is 1. The van der Waals surface area contributed by atoms with Crippen molar-refractivity contribution >= 4 is 53.3 Å². The summed E-state index contributed by atoms with van der Waals surface area (Å²) in [6, 6.07) is 24.5. The molecule has 0 saturated carbocycles. The molecular weight excluding hydrogens is 581 g/mol. The topological polar surface area (TPSA) is 115 Å². The lowest BCUT2D eigenvalue weighted by Gasteiger charge is -2.09. The van der Waals surface area contributed by atoms with E-state index in [-0.39, 0.29) is 28.8 Å². The average Bonchev–Trinajstić information content (AvgIpc) is 3.46. The third kappa shape index (κ3) is 7.14. The van der Waals surface area contributed by atoms with E-state index >= 15 is 0 Å². The van der Waals surface area contributed by atoms with Crippen LogP contribution in [0.15, 0.2) is 102 Å². The van der Waals surface area contributed by atoms with Gasteiger partial charge >= 0.3 is 5.97 Å². The van der Waals surface area contributed by atoms with E-state index in [2.05, 4.69) is 15.8 Å². The van der Waals surface area contributed by atoms with Gasteiger partial charge in [0.1, 0.15) is 11.4 Å². The minimum absolute atomic E-state index is 0.0389. The smallest absolute Gasteiger partial charge is 0.345 e.